The van der Waals surface area contributed by atoms with Crippen molar-refractivity contribution >= 4 is 11.9 Å². The number of aromatic nitrogens is 1. The van der Waals surface area contributed by atoms with E-state index in [0.29, 0.717) is 47.2 Å². The first-order chi connectivity index (χ1) is 21.2. The molecule has 1 aliphatic rings. The summed E-state index contributed by atoms with van der Waals surface area (Å²) in [7, 11) is 0. The van der Waals surface area contributed by atoms with Gasteiger partial charge in [0, 0.05) is 31.4 Å². The summed E-state index contributed by atoms with van der Waals surface area (Å²) in [4.78, 5) is 40.8. The van der Waals surface area contributed by atoms with Crippen molar-refractivity contribution in [2.75, 3.05) is 19.6 Å². The van der Waals surface area contributed by atoms with E-state index in [9.17, 15) is 32.7 Å². The minimum Gasteiger partial charge on any atom is -0.481 e. The lowest BCUT2D eigenvalue weighted by atomic mass is 9.90. The maximum Gasteiger partial charge on any atom is 0.305 e. The number of pyridine rings is 1. The zero-order valence-electron chi connectivity index (χ0n) is 26.1. The number of hydrogen-bond donors (Lipinski definition) is 2. The number of aryl methyl sites for hydroxylation is 3. The average Bonchev–Trinajstić information content (AvgIpc) is 2.93. The van der Waals surface area contributed by atoms with Gasteiger partial charge in [-0.25, -0.2) is 17.6 Å². The Hall–Kier alpha value is -3.99. The second-order valence-electron chi connectivity index (χ2n) is 12.1. The van der Waals surface area contributed by atoms with E-state index in [0.717, 1.165) is 10.6 Å². The predicted molar refractivity (Wildman–Crippen MR) is 163 cm³/mol. The molecule has 1 amide bonds. The van der Waals surface area contributed by atoms with E-state index in [2.05, 4.69) is 5.32 Å². The molecule has 3 atom stereocenters. The van der Waals surface area contributed by atoms with E-state index >= 15 is 4.39 Å². The van der Waals surface area contributed by atoms with Crippen molar-refractivity contribution in [2.45, 2.75) is 72.1 Å². The number of nitrogens with one attached hydrogen (secondary N) is 1. The zero-order valence-corrected chi connectivity index (χ0v) is 26.1. The standard InChI is InChI=1S/C34H39F4N3O4/c1-6-18(2)32(41-15-22(12-27(37)34(41)45)7-8-40-16-25(36)17-40)33(44)39-28(14-29(42)43)26-13-23(9-21(5)31(26)38)30-19(3)10-24(35)11-20(30)4/h9-13,15,18,25,28,32H,6-8,14,16-17H2,1-5H3,(H,39,44)(H,42,43). The van der Waals surface area contributed by atoms with Crippen LogP contribution in [0.3, 0.4) is 0 Å². The summed E-state index contributed by atoms with van der Waals surface area (Å²) in [6.45, 7) is 9.45. The second kappa shape index (κ2) is 14.0. The quantitative estimate of drug-likeness (QED) is 0.241. The van der Waals surface area contributed by atoms with Crippen LogP contribution in [0.1, 0.15) is 66.6 Å². The number of aliphatic carboxylic acids is 1. The van der Waals surface area contributed by atoms with Crippen molar-refractivity contribution in [3.63, 3.8) is 0 Å². The van der Waals surface area contributed by atoms with Gasteiger partial charge in [-0.3, -0.25) is 23.9 Å². The number of alkyl halides is 1. The van der Waals surface area contributed by atoms with Gasteiger partial charge in [0.05, 0.1) is 12.5 Å². The molecule has 2 aromatic carbocycles. The van der Waals surface area contributed by atoms with Crippen LogP contribution in [0.2, 0.25) is 0 Å². The maximum atomic E-state index is 15.7. The molecular formula is C34H39F4N3O4. The fourth-order valence-corrected chi connectivity index (χ4v) is 6.06. The number of carboxylic acids is 1. The zero-order chi connectivity index (χ0) is 33.2. The van der Waals surface area contributed by atoms with Crippen molar-refractivity contribution in [3.05, 3.63) is 92.2 Å². The molecule has 4 rings (SSSR count). The fraction of sp³-hybridized carbons (Fsp3) is 0.441. The number of rotatable bonds is 12. The number of halogens is 4. The largest absolute Gasteiger partial charge is 0.481 e. The Morgan fingerprint density at radius 2 is 1.67 bits per heavy atom. The molecule has 1 aliphatic heterocycles. The molecule has 0 saturated carbocycles. The van der Waals surface area contributed by atoms with Crippen molar-refractivity contribution in [3.8, 4) is 11.1 Å². The van der Waals surface area contributed by atoms with E-state index < -0.39 is 65.5 Å². The van der Waals surface area contributed by atoms with Crippen LogP contribution in [0, 0.1) is 44.1 Å². The first-order valence-corrected chi connectivity index (χ1v) is 15.1. The Labute approximate surface area is 259 Å². The molecule has 1 aromatic heterocycles. The summed E-state index contributed by atoms with van der Waals surface area (Å²) in [5.74, 6) is -4.76. The van der Waals surface area contributed by atoms with Crippen LogP contribution in [-0.2, 0) is 16.0 Å². The van der Waals surface area contributed by atoms with Crippen LogP contribution in [0.15, 0.2) is 41.3 Å². The molecule has 0 aliphatic carbocycles. The minimum absolute atomic E-state index is 0.0835. The second-order valence-corrected chi connectivity index (χ2v) is 12.1. The van der Waals surface area contributed by atoms with Gasteiger partial charge in [-0.1, -0.05) is 20.3 Å². The highest BCUT2D eigenvalue weighted by Gasteiger charge is 2.32. The molecule has 7 nitrogen and oxygen atoms in total. The molecule has 11 heteroatoms. The van der Waals surface area contributed by atoms with Crippen LogP contribution in [0.5, 0.6) is 0 Å². The van der Waals surface area contributed by atoms with E-state index in [1.54, 1.807) is 33.8 Å². The number of carboxylic acid groups (broad SMARTS) is 1. The third-order valence-corrected chi connectivity index (χ3v) is 8.58. The molecule has 3 aromatic rings. The van der Waals surface area contributed by atoms with Crippen molar-refractivity contribution in [1.82, 2.24) is 14.8 Å². The average molecular weight is 630 g/mol. The Balaban J connectivity index is 1.73. The number of nitrogens with zero attached hydrogens (tertiary/aromatic N) is 2. The monoisotopic (exact) mass is 629 g/mol. The SMILES string of the molecule is CCC(C)C(C(=O)NC(CC(=O)O)c1cc(-c2c(C)cc(F)cc2C)cc(C)c1F)n1cc(CCN2CC(F)C2)cc(F)c1=O. The van der Waals surface area contributed by atoms with Crippen LogP contribution in [0.25, 0.3) is 11.1 Å². The normalized spacial score (nSPS) is 15.8. The molecule has 1 saturated heterocycles. The van der Waals surface area contributed by atoms with Gasteiger partial charge < -0.3 is 10.4 Å². The molecule has 242 valence electrons. The third-order valence-electron chi connectivity index (χ3n) is 8.58. The van der Waals surface area contributed by atoms with Crippen molar-refractivity contribution in [2.24, 2.45) is 5.92 Å². The highest BCUT2D eigenvalue weighted by atomic mass is 19.1. The summed E-state index contributed by atoms with van der Waals surface area (Å²) in [6, 6.07) is 4.25. The topological polar surface area (TPSA) is 91.6 Å². The number of carbonyl (C=O) groups is 2. The molecule has 3 unspecified atom stereocenters. The van der Waals surface area contributed by atoms with Gasteiger partial charge in [0.25, 0.3) is 5.56 Å². The van der Waals surface area contributed by atoms with E-state index in [1.165, 1.54) is 31.3 Å². The van der Waals surface area contributed by atoms with Crippen LogP contribution >= 0.6 is 0 Å². The summed E-state index contributed by atoms with van der Waals surface area (Å²) in [6.07, 6.45) is 0.574. The first kappa shape index (κ1) is 33.9. The number of hydrogen-bond acceptors (Lipinski definition) is 4. The Morgan fingerprint density at radius 3 is 2.24 bits per heavy atom. The molecule has 2 N–H and O–H groups in total. The Bertz CT molecular complexity index is 1630. The molecule has 0 bridgehead atoms. The van der Waals surface area contributed by atoms with Gasteiger partial charge in [0.2, 0.25) is 5.91 Å². The minimum atomic E-state index is -1.34. The molecule has 0 radical (unpaired) electrons. The van der Waals surface area contributed by atoms with Crippen LogP contribution in [-0.4, -0.2) is 52.3 Å². The maximum absolute atomic E-state index is 15.7. The molecule has 1 fully saturated rings. The van der Waals surface area contributed by atoms with Gasteiger partial charge in [-0.05, 0) is 96.8 Å². The summed E-state index contributed by atoms with van der Waals surface area (Å²) < 4.78 is 58.9. The highest BCUT2D eigenvalue weighted by molar-refractivity contribution is 5.82. The van der Waals surface area contributed by atoms with E-state index in [4.69, 9.17) is 0 Å². The Morgan fingerprint density at radius 1 is 1.02 bits per heavy atom. The van der Waals surface area contributed by atoms with Crippen LogP contribution in [0.4, 0.5) is 17.6 Å². The summed E-state index contributed by atoms with van der Waals surface area (Å²) in [5, 5.41) is 12.4. The van der Waals surface area contributed by atoms with Gasteiger partial charge in [0.1, 0.15) is 23.8 Å². The number of amides is 1. The van der Waals surface area contributed by atoms with Crippen LogP contribution < -0.4 is 10.9 Å². The first-order valence-electron chi connectivity index (χ1n) is 15.1. The number of likely N-dealkylation sites (tertiary alicyclic amines) is 1. The smallest absolute Gasteiger partial charge is 0.305 e. The number of benzene rings is 2. The fourth-order valence-electron chi connectivity index (χ4n) is 6.06. The molecule has 0 spiro atoms. The molecular weight excluding hydrogens is 590 g/mol. The van der Waals surface area contributed by atoms with Gasteiger partial charge >= 0.3 is 5.97 Å². The predicted octanol–water partition coefficient (Wildman–Crippen LogP) is 5.97. The summed E-state index contributed by atoms with van der Waals surface area (Å²) >= 11 is 0. The third kappa shape index (κ3) is 7.64. The lowest BCUT2D eigenvalue weighted by molar-refractivity contribution is -0.138. The highest BCUT2D eigenvalue weighted by Crippen LogP contribution is 2.34. The van der Waals surface area contributed by atoms with Crippen molar-refractivity contribution < 1.29 is 32.3 Å². The number of carbonyl (C=O) groups excluding carboxylic acids is 1. The van der Waals surface area contributed by atoms with E-state index in [1.807, 2.05) is 4.90 Å². The Kier molecular flexibility index (Phi) is 10.5. The van der Waals surface area contributed by atoms with Gasteiger partial charge in [0.15, 0.2) is 5.82 Å². The molecule has 2 heterocycles. The van der Waals surface area contributed by atoms with E-state index in [-0.39, 0.29) is 24.2 Å². The lowest BCUT2D eigenvalue weighted by Crippen LogP contribution is -2.49. The molecule has 45 heavy (non-hydrogen) atoms. The lowest BCUT2D eigenvalue weighted by Gasteiger charge is -2.34. The van der Waals surface area contributed by atoms with Crippen molar-refractivity contribution in [1.29, 1.82) is 0 Å². The van der Waals surface area contributed by atoms with Gasteiger partial charge in [-0.15, -0.1) is 0 Å². The van der Waals surface area contributed by atoms with Gasteiger partial charge in [-0.2, -0.15) is 0 Å². The summed E-state index contributed by atoms with van der Waals surface area (Å²) in [5.41, 5.74) is 1.90.